The maximum absolute atomic E-state index is 11.1. The summed E-state index contributed by atoms with van der Waals surface area (Å²) in [6, 6.07) is 6.43. The fourth-order valence-corrected chi connectivity index (χ4v) is 1.74. The number of hydrogen-bond donors (Lipinski definition) is 4. The Kier molecular flexibility index (Phi) is 4.79. The first kappa shape index (κ1) is 13.0. The standard InChI is InChI=1S/C11H15NO3S/c12-11(15)8-4-2-1-3-7(8)10(14)9(13)5-6-16/h1-4,9-10,13-14,16H,5-6H2,(H2,12,15). The van der Waals surface area contributed by atoms with Gasteiger partial charge >= 0.3 is 0 Å². The van der Waals surface area contributed by atoms with Gasteiger partial charge in [0.25, 0.3) is 0 Å². The average molecular weight is 241 g/mol. The Morgan fingerprint density at radius 2 is 2.00 bits per heavy atom. The van der Waals surface area contributed by atoms with Crippen LogP contribution >= 0.6 is 12.6 Å². The summed E-state index contributed by atoms with van der Waals surface area (Å²) in [6.45, 7) is 0. The normalized spacial score (nSPS) is 14.4. The number of aliphatic hydroxyl groups excluding tert-OH is 2. The van der Waals surface area contributed by atoms with Crippen LogP contribution in [0.15, 0.2) is 24.3 Å². The van der Waals surface area contributed by atoms with E-state index in [9.17, 15) is 15.0 Å². The van der Waals surface area contributed by atoms with E-state index in [1.54, 1.807) is 18.2 Å². The highest BCUT2D eigenvalue weighted by atomic mass is 32.1. The van der Waals surface area contributed by atoms with Crippen LogP contribution in [0, 0.1) is 0 Å². The van der Waals surface area contributed by atoms with Crippen molar-refractivity contribution in [3.05, 3.63) is 35.4 Å². The van der Waals surface area contributed by atoms with Crippen LogP contribution in [0.25, 0.3) is 0 Å². The van der Waals surface area contributed by atoms with E-state index in [2.05, 4.69) is 12.6 Å². The largest absolute Gasteiger partial charge is 0.390 e. The molecule has 0 aliphatic rings. The molecule has 0 saturated heterocycles. The van der Waals surface area contributed by atoms with Crippen molar-refractivity contribution in [2.24, 2.45) is 5.73 Å². The van der Waals surface area contributed by atoms with E-state index >= 15 is 0 Å². The lowest BCUT2D eigenvalue weighted by molar-refractivity contribution is 0.0168. The molecular weight excluding hydrogens is 226 g/mol. The van der Waals surface area contributed by atoms with Crippen LogP contribution in [0.2, 0.25) is 0 Å². The monoisotopic (exact) mass is 241 g/mol. The molecule has 5 heteroatoms. The number of rotatable bonds is 5. The van der Waals surface area contributed by atoms with Gasteiger partial charge in [-0.05, 0) is 23.8 Å². The van der Waals surface area contributed by atoms with Crippen molar-refractivity contribution in [3.63, 3.8) is 0 Å². The fraction of sp³-hybridized carbons (Fsp3) is 0.364. The summed E-state index contributed by atoms with van der Waals surface area (Å²) in [7, 11) is 0. The van der Waals surface area contributed by atoms with Crippen LogP contribution in [0.3, 0.4) is 0 Å². The highest BCUT2D eigenvalue weighted by Crippen LogP contribution is 2.22. The van der Waals surface area contributed by atoms with E-state index in [1.165, 1.54) is 6.07 Å². The predicted octanol–water partition coefficient (Wildman–Crippen LogP) is 0.500. The Hall–Kier alpha value is -1.04. The van der Waals surface area contributed by atoms with E-state index in [-0.39, 0.29) is 5.56 Å². The van der Waals surface area contributed by atoms with Crippen LogP contribution in [-0.2, 0) is 0 Å². The number of thiol groups is 1. The highest BCUT2D eigenvalue weighted by Gasteiger charge is 2.21. The molecule has 2 unspecified atom stereocenters. The van der Waals surface area contributed by atoms with Gasteiger partial charge in [0.2, 0.25) is 5.91 Å². The maximum atomic E-state index is 11.1. The topological polar surface area (TPSA) is 83.6 Å². The van der Waals surface area contributed by atoms with Gasteiger partial charge in [-0.25, -0.2) is 0 Å². The Labute approximate surface area is 99.5 Å². The number of aliphatic hydroxyl groups is 2. The molecule has 0 heterocycles. The van der Waals surface area contributed by atoms with Gasteiger partial charge in [-0.2, -0.15) is 12.6 Å². The van der Waals surface area contributed by atoms with Crippen LogP contribution in [0.5, 0.6) is 0 Å². The van der Waals surface area contributed by atoms with Crippen molar-refractivity contribution in [2.75, 3.05) is 5.75 Å². The predicted molar refractivity (Wildman–Crippen MR) is 64.4 cm³/mol. The third-order valence-corrected chi connectivity index (χ3v) is 2.59. The Morgan fingerprint density at radius 1 is 1.38 bits per heavy atom. The van der Waals surface area contributed by atoms with Crippen molar-refractivity contribution in [1.82, 2.24) is 0 Å². The van der Waals surface area contributed by atoms with Crippen LogP contribution in [0.1, 0.15) is 28.4 Å². The van der Waals surface area contributed by atoms with Crippen molar-refractivity contribution in [1.29, 1.82) is 0 Å². The second-order valence-electron chi connectivity index (χ2n) is 3.48. The zero-order valence-electron chi connectivity index (χ0n) is 8.71. The summed E-state index contributed by atoms with van der Waals surface area (Å²) in [6.07, 6.45) is -1.72. The molecule has 1 aromatic rings. The van der Waals surface area contributed by atoms with E-state index in [4.69, 9.17) is 5.73 Å². The van der Waals surface area contributed by atoms with Gasteiger partial charge in [0, 0.05) is 5.56 Å². The van der Waals surface area contributed by atoms with Crippen LogP contribution in [0.4, 0.5) is 0 Å². The zero-order valence-corrected chi connectivity index (χ0v) is 9.60. The van der Waals surface area contributed by atoms with E-state index in [0.717, 1.165) is 0 Å². The summed E-state index contributed by atoms with van der Waals surface area (Å²) < 4.78 is 0. The molecule has 2 atom stereocenters. The summed E-state index contributed by atoms with van der Waals surface area (Å²) in [5, 5.41) is 19.5. The number of benzene rings is 1. The van der Waals surface area contributed by atoms with Crippen molar-refractivity contribution in [3.8, 4) is 0 Å². The fourth-order valence-electron chi connectivity index (χ4n) is 1.48. The number of hydrogen-bond acceptors (Lipinski definition) is 4. The Morgan fingerprint density at radius 3 is 2.56 bits per heavy atom. The molecule has 4 nitrogen and oxygen atoms in total. The second kappa shape index (κ2) is 5.89. The molecular formula is C11H15NO3S. The van der Waals surface area contributed by atoms with Crippen LogP contribution < -0.4 is 5.73 Å². The molecule has 1 rings (SSSR count). The molecule has 0 aliphatic carbocycles. The summed E-state index contributed by atoms with van der Waals surface area (Å²) >= 11 is 3.97. The summed E-state index contributed by atoms with van der Waals surface area (Å²) in [5.74, 6) is -0.163. The minimum absolute atomic E-state index is 0.230. The van der Waals surface area contributed by atoms with Crippen molar-refractivity contribution >= 4 is 18.5 Å². The van der Waals surface area contributed by atoms with E-state index in [0.29, 0.717) is 17.7 Å². The van der Waals surface area contributed by atoms with Crippen molar-refractivity contribution in [2.45, 2.75) is 18.6 Å². The van der Waals surface area contributed by atoms with E-state index in [1.807, 2.05) is 0 Å². The van der Waals surface area contributed by atoms with Gasteiger partial charge in [0.15, 0.2) is 0 Å². The lowest BCUT2D eigenvalue weighted by Crippen LogP contribution is -2.23. The smallest absolute Gasteiger partial charge is 0.249 e. The second-order valence-corrected chi connectivity index (χ2v) is 3.92. The molecule has 0 radical (unpaired) electrons. The van der Waals surface area contributed by atoms with Crippen LogP contribution in [-0.4, -0.2) is 28.0 Å². The van der Waals surface area contributed by atoms with Gasteiger partial charge < -0.3 is 15.9 Å². The van der Waals surface area contributed by atoms with Gasteiger partial charge in [-0.3, -0.25) is 4.79 Å². The number of primary amides is 1. The molecule has 16 heavy (non-hydrogen) atoms. The van der Waals surface area contributed by atoms with Gasteiger partial charge in [0.05, 0.1) is 6.10 Å². The first-order valence-electron chi connectivity index (χ1n) is 4.93. The third kappa shape index (κ3) is 2.98. The number of amides is 1. The van der Waals surface area contributed by atoms with Gasteiger partial charge in [-0.1, -0.05) is 18.2 Å². The third-order valence-electron chi connectivity index (χ3n) is 2.33. The van der Waals surface area contributed by atoms with Gasteiger partial charge in [-0.15, -0.1) is 0 Å². The first-order chi connectivity index (χ1) is 7.57. The summed E-state index contributed by atoms with van der Waals surface area (Å²) in [4.78, 5) is 11.1. The maximum Gasteiger partial charge on any atom is 0.249 e. The molecule has 1 amide bonds. The highest BCUT2D eigenvalue weighted by molar-refractivity contribution is 7.80. The van der Waals surface area contributed by atoms with Crippen molar-refractivity contribution < 1.29 is 15.0 Å². The molecule has 0 bridgehead atoms. The molecule has 0 fully saturated rings. The quantitative estimate of drug-likeness (QED) is 0.566. The lowest BCUT2D eigenvalue weighted by atomic mass is 9.97. The Balaban J connectivity index is 2.98. The molecule has 0 saturated carbocycles. The number of nitrogens with two attached hydrogens (primary N) is 1. The lowest BCUT2D eigenvalue weighted by Gasteiger charge is -2.19. The molecule has 1 aromatic carbocycles. The zero-order chi connectivity index (χ0) is 12.1. The summed E-state index contributed by atoms with van der Waals surface area (Å²) in [5.41, 5.74) is 5.76. The molecule has 4 N–H and O–H groups in total. The number of carbonyl (C=O) groups is 1. The average Bonchev–Trinajstić information content (AvgIpc) is 2.28. The van der Waals surface area contributed by atoms with Gasteiger partial charge in [0.1, 0.15) is 6.10 Å². The number of carbonyl (C=O) groups excluding carboxylic acids is 1. The molecule has 88 valence electrons. The minimum atomic E-state index is -1.11. The molecule has 0 aliphatic heterocycles. The molecule has 0 spiro atoms. The minimum Gasteiger partial charge on any atom is -0.390 e. The molecule has 0 aromatic heterocycles. The first-order valence-corrected chi connectivity index (χ1v) is 5.57. The van der Waals surface area contributed by atoms with E-state index < -0.39 is 18.1 Å². The SMILES string of the molecule is NC(=O)c1ccccc1C(O)C(O)CCS. The Bertz CT molecular complexity index is 370.